The van der Waals surface area contributed by atoms with Gasteiger partial charge in [-0.25, -0.2) is 18.1 Å². The Hall–Kier alpha value is -5.14. The number of pyridine rings is 1. The van der Waals surface area contributed by atoms with E-state index in [2.05, 4.69) is 32.3 Å². The van der Waals surface area contributed by atoms with Gasteiger partial charge in [0.1, 0.15) is 40.9 Å². The van der Waals surface area contributed by atoms with Crippen LogP contribution < -0.4 is 9.62 Å². The molecule has 10 nitrogen and oxygen atoms in total. The SMILES string of the molecule is CC.CC.CC.CSN(C(C)=O)c1nn(CC(F)(F)F)c2c(-c3ccc(C#CC(C)(C)S(C)=O)nc3C(Cc3cc(F)cc(F)c3)NC(=O)Cn3nc(C(F)(F)F)c4c3C(F)(F)CC4)ccc(Cl)c12. The minimum atomic E-state index is -5.16. The zero-order chi connectivity index (χ0) is 52.6. The molecule has 1 aliphatic rings. The van der Waals surface area contributed by atoms with Crippen LogP contribution in [0.3, 0.4) is 0 Å². The van der Waals surface area contributed by atoms with E-state index in [4.69, 9.17) is 11.6 Å². The number of carbonyl (C=O) groups excluding carboxylic acids is 2. The lowest BCUT2D eigenvalue weighted by molar-refractivity contribution is -0.143. The van der Waals surface area contributed by atoms with E-state index in [0.717, 1.165) is 35.3 Å². The van der Waals surface area contributed by atoms with E-state index in [1.54, 1.807) is 13.8 Å². The fraction of sp³-hybridized carbons (Fsp3) is 0.457. The van der Waals surface area contributed by atoms with Crippen LogP contribution >= 0.6 is 23.5 Å². The molecule has 1 N–H and O–H groups in total. The van der Waals surface area contributed by atoms with E-state index in [9.17, 15) is 48.9 Å². The molecule has 1 aliphatic carbocycles. The van der Waals surface area contributed by atoms with Crippen molar-refractivity contribution in [2.75, 3.05) is 16.8 Å². The van der Waals surface area contributed by atoms with Crippen LogP contribution in [0.4, 0.5) is 49.7 Å². The molecule has 6 rings (SSSR count). The van der Waals surface area contributed by atoms with Gasteiger partial charge in [0.15, 0.2) is 11.5 Å². The smallest absolute Gasteiger partial charge is 0.346 e. The third-order valence-corrected chi connectivity index (χ3v) is 12.6. The van der Waals surface area contributed by atoms with Gasteiger partial charge in [-0.1, -0.05) is 65.1 Å². The number of anilines is 1. The molecule has 0 saturated heterocycles. The third-order valence-electron chi connectivity index (χ3n) is 9.91. The lowest BCUT2D eigenvalue weighted by Crippen LogP contribution is -2.35. The number of nitrogens with one attached hydrogen (secondary N) is 1. The summed E-state index contributed by atoms with van der Waals surface area (Å²) in [6, 6.07) is 6.01. The summed E-state index contributed by atoms with van der Waals surface area (Å²) in [4.78, 5) is 31.3. The topological polar surface area (TPSA) is 115 Å². The molecule has 378 valence electrons. The van der Waals surface area contributed by atoms with Crippen LogP contribution in [0.15, 0.2) is 42.5 Å². The molecule has 2 aromatic carbocycles. The number of carbonyl (C=O) groups is 2. The molecule has 0 spiro atoms. The number of nitrogens with zero attached hydrogens (tertiary/aromatic N) is 6. The molecule has 0 fully saturated rings. The number of amides is 2. The van der Waals surface area contributed by atoms with Crippen LogP contribution in [-0.2, 0) is 58.4 Å². The molecule has 0 aliphatic heterocycles. The molecule has 2 atom stereocenters. The molecule has 5 aromatic rings. The van der Waals surface area contributed by atoms with E-state index >= 15 is 8.78 Å². The maximum atomic E-state index is 15.1. The van der Waals surface area contributed by atoms with Crippen molar-refractivity contribution in [3.05, 3.63) is 93.0 Å². The maximum Gasteiger partial charge on any atom is 0.435 e. The number of alkyl halides is 8. The highest BCUT2D eigenvalue weighted by atomic mass is 35.5. The zero-order valence-electron chi connectivity index (χ0n) is 39.5. The standard InChI is InChI=1S/C40H34ClF10N7O3S2.3C2H6/c1-20(59)58(62-4)36-31-28(41)9-8-26(33(31)57(55-36)19-39(46,47)48)25-7-6-24(10-12-37(2,3)63(5)61)52-32(25)29(16-21-14-22(42)17-23(43)15-21)53-30(60)18-56-35-27(11-13-38(35,44)45)34(54-56)40(49,50)51;3*1-2/h6-9,14-15,17,29H,11,13,16,18-19H2,1-5H3,(H,53,60);3*1-2H3. The first-order valence-corrected chi connectivity index (χ1v) is 24.6. The van der Waals surface area contributed by atoms with Gasteiger partial charge in [0, 0.05) is 59.4 Å². The summed E-state index contributed by atoms with van der Waals surface area (Å²) >= 11 is 7.44. The molecule has 3 aromatic heterocycles. The van der Waals surface area contributed by atoms with Crippen LogP contribution in [-0.4, -0.2) is 64.0 Å². The Kier molecular flexibility index (Phi) is 19.9. The van der Waals surface area contributed by atoms with E-state index < -0.39 is 113 Å². The van der Waals surface area contributed by atoms with E-state index in [0.29, 0.717) is 10.7 Å². The summed E-state index contributed by atoms with van der Waals surface area (Å²) in [5, 5.41) is 9.73. The van der Waals surface area contributed by atoms with Gasteiger partial charge in [0.25, 0.3) is 5.92 Å². The van der Waals surface area contributed by atoms with Gasteiger partial charge in [-0.2, -0.15) is 45.3 Å². The van der Waals surface area contributed by atoms with Gasteiger partial charge in [-0.15, -0.1) is 0 Å². The first-order chi connectivity index (χ1) is 32.2. The maximum absolute atomic E-state index is 15.1. The number of fused-ring (bicyclic) bond motifs is 2. The van der Waals surface area contributed by atoms with Crippen LogP contribution in [0.25, 0.3) is 22.0 Å². The Bertz CT molecular complexity index is 2710. The molecule has 3 heterocycles. The third kappa shape index (κ3) is 13.8. The fourth-order valence-electron chi connectivity index (χ4n) is 7.04. The highest BCUT2D eigenvalue weighted by molar-refractivity contribution is 8.00. The van der Waals surface area contributed by atoms with E-state index in [1.807, 2.05) is 41.5 Å². The molecular formula is C46H52ClF10N7O3S2. The summed E-state index contributed by atoms with van der Waals surface area (Å²) < 4.78 is 157. The number of hydrogen-bond acceptors (Lipinski definition) is 7. The fourth-order valence-corrected chi connectivity index (χ4v) is 8.03. The first kappa shape index (κ1) is 58.2. The van der Waals surface area contributed by atoms with Crippen molar-refractivity contribution in [2.45, 2.75) is 124 Å². The summed E-state index contributed by atoms with van der Waals surface area (Å²) in [7, 11) is -1.51. The van der Waals surface area contributed by atoms with Gasteiger partial charge >= 0.3 is 12.4 Å². The lowest BCUT2D eigenvalue weighted by atomic mass is 9.93. The average Bonchev–Trinajstić information content (AvgIpc) is 3.93. The van der Waals surface area contributed by atoms with Crippen LogP contribution in [0.5, 0.6) is 0 Å². The number of aromatic nitrogens is 5. The van der Waals surface area contributed by atoms with Crippen molar-refractivity contribution in [1.82, 2.24) is 29.9 Å². The van der Waals surface area contributed by atoms with Crippen LogP contribution in [0.1, 0.15) is 109 Å². The molecule has 23 heteroatoms. The molecule has 0 saturated carbocycles. The Morgan fingerprint density at radius 1 is 0.942 bits per heavy atom. The largest absolute Gasteiger partial charge is 0.435 e. The Balaban J connectivity index is 0.00000202. The summed E-state index contributed by atoms with van der Waals surface area (Å²) in [6.07, 6.45) is -9.40. The molecule has 2 amide bonds. The molecule has 0 radical (unpaired) electrons. The monoisotopic (exact) mass is 1040 g/mol. The average molecular weight is 1040 g/mol. The second-order valence-electron chi connectivity index (χ2n) is 14.9. The second kappa shape index (κ2) is 23.6. The lowest BCUT2D eigenvalue weighted by Gasteiger charge is -2.23. The molecule has 69 heavy (non-hydrogen) atoms. The number of benzene rings is 2. The van der Waals surface area contributed by atoms with Crippen molar-refractivity contribution in [2.24, 2.45) is 0 Å². The Morgan fingerprint density at radius 2 is 1.54 bits per heavy atom. The van der Waals surface area contributed by atoms with Crippen LogP contribution in [0.2, 0.25) is 5.02 Å². The summed E-state index contributed by atoms with van der Waals surface area (Å²) in [6.45, 7) is 13.4. The number of halogens is 11. The zero-order valence-corrected chi connectivity index (χ0v) is 41.9. The van der Waals surface area contributed by atoms with Gasteiger partial charge in [0.2, 0.25) is 11.8 Å². The first-order valence-electron chi connectivity index (χ1n) is 21.5. The van der Waals surface area contributed by atoms with Gasteiger partial charge in [-0.05, 0) is 80.5 Å². The van der Waals surface area contributed by atoms with Gasteiger partial charge in [-0.3, -0.25) is 23.2 Å². The van der Waals surface area contributed by atoms with Crippen molar-refractivity contribution in [1.29, 1.82) is 0 Å². The minimum absolute atomic E-state index is 0.0676. The Morgan fingerprint density at radius 3 is 2.07 bits per heavy atom. The quantitative estimate of drug-likeness (QED) is 0.0796. The highest BCUT2D eigenvalue weighted by Crippen LogP contribution is 2.47. The normalized spacial score (nSPS) is 13.8. The summed E-state index contributed by atoms with van der Waals surface area (Å²) in [5.41, 5.74) is -4.39. The van der Waals surface area contributed by atoms with E-state index in [1.165, 1.54) is 36.8 Å². The second-order valence-corrected chi connectivity index (χ2v) is 18.0. The van der Waals surface area contributed by atoms with Gasteiger partial charge in [0.05, 0.1) is 27.7 Å². The van der Waals surface area contributed by atoms with Crippen molar-refractivity contribution in [3.8, 4) is 23.0 Å². The van der Waals surface area contributed by atoms with Crippen molar-refractivity contribution in [3.63, 3.8) is 0 Å². The highest BCUT2D eigenvalue weighted by Gasteiger charge is 2.50. The summed E-state index contributed by atoms with van der Waals surface area (Å²) in [5.74, 6) is -2.44. The van der Waals surface area contributed by atoms with Crippen LogP contribution in [0, 0.1) is 23.5 Å². The molecule has 2 unspecified atom stereocenters. The van der Waals surface area contributed by atoms with Crippen molar-refractivity contribution >= 4 is 62.9 Å². The predicted molar refractivity (Wildman–Crippen MR) is 250 cm³/mol. The predicted octanol–water partition coefficient (Wildman–Crippen LogP) is 12.2. The van der Waals surface area contributed by atoms with Crippen molar-refractivity contribution < 1.29 is 57.7 Å². The van der Waals surface area contributed by atoms with Gasteiger partial charge < -0.3 is 5.32 Å². The number of rotatable bonds is 11. The minimum Gasteiger partial charge on any atom is -0.346 e. The molecular weight excluding hydrogens is 988 g/mol. The molecule has 0 bridgehead atoms. The Labute approximate surface area is 405 Å². The number of hydrogen-bond donors (Lipinski definition) is 1. The van der Waals surface area contributed by atoms with E-state index in [-0.39, 0.29) is 54.5 Å².